The van der Waals surface area contributed by atoms with Crippen molar-refractivity contribution in [1.29, 1.82) is 0 Å². The van der Waals surface area contributed by atoms with Gasteiger partial charge in [-0.3, -0.25) is 4.79 Å². The predicted octanol–water partition coefficient (Wildman–Crippen LogP) is 1.44. The maximum Gasteiger partial charge on any atom is 0.307 e. The smallest absolute Gasteiger partial charge is 0.307 e. The van der Waals surface area contributed by atoms with Crippen molar-refractivity contribution in [3.8, 4) is 0 Å². The summed E-state index contributed by atoms with van der Waals surface area (Å²) in [7, 11) is 0. The zero-order chi connectivity index (χ0) is 12.5. The summed E-state index contributed by atoms with van der Waals surface area (Å²) in [4.78, 5) is 10.7. The number of carbonyl (C=O) groups is 1. The summed E-state index contributed by atoms with van der Waals surface area (Å²) in [6.45, 7) is 4.89. The molecule has 1 rings (SSSR count). The Morgan fingerprint density at radius 2 is 2.06 bits per heavy atom. The first-order valence-corrected chi connectivity index (χ1v) is 5.81. The van der Waals surface area contributed by atoms with E-state index in [1.165, 1.54) is 0 Å². The van der Waals surface area contributed by atoms with E-state index in [0.717, 1.165) is 24.2 Å². The highest BCUT2D eigenvalue weighted by atomic mass is 16.5. The summed E-state index contributed by atoms with van der Waals surface area (Å²) in [5, 5.41) is 11.9. The Morgan fingerprint density at radius 1 is 1.35 bits per heavy atom. The van der Waals surface area contributed by atoms with E-state index in [1.807, 2.05) is 31.2 Å². The van der Waals surface area contributed by atoms with Gasteiger partial charge in [0.05, 0.1) is 19.6 Å². The van der Waals surface area contributed by atoms with E-state index in [0.29, 0.717) is 13.2 Å². The molecule has 0 bridgehead atoms. The molecule has 0 aromatic heterocycles. The van der Waals surface area contributed by atoms with E-state index in [9.17, 15) is 4.79 Å². The van der Waals surface area contributed by atoms with Gasteiger partial charge in [-0.05, 0) is 17.7 Å². The van der Waals surface area contributed by atoms with Crippen molar-refractivity contribution < 1.29 is 14.6 Å². The monoisotopic (exact) mass is 237 g/mol. The van der Waals surface area contributed by atoms with Crippen LogP contribution >= 0.6 is 0 Å². The number of nitrogens with one attached hydrogen (secondary N) is 1. The summed E-state index contributed by atoms with van der Waals surface area (Å²) in [5.41, 5.74) is 1.77. The molecule has 4 heteroatoms. The molecule has 0 spiro atoms. The molecule has 2 N–H and O–H groups in total. The van der Waals surface area contributed by atoms with Gasteiger partial charge < -0.3 is 15.2 Å². The van der Waals surface area contributed by atoms with Crippen LogP contribution in [0.3, 0.4) is 0 Å². The molecule has 1 aromatic rings. The Hall–Kier alpha value is -1.39. The lowest BCUT2D eigenvalue weighted by Crippen LogP contribution is -2.19. The number of hydrogen-bond acceptors (Lipinski definition) is 3. The fourth-order valence-corrected chi connectivity index (χ4v) is 1.54. The van der Waals surface area contributed by atoms with E-state index < -0.39 is 5.97 Å². The number of rotatable bonds is 8. The Kier molecular flexibility index (Phi) is 6.29. The molecule has 17 heavy (non-hydrogen) atoms. The third kappa shape index (κ3) is 5.47. The second-order valence-electron chi connectivity index (χ2n) is 3.75. The summed E-state index contributed by atoms with van der Waals surface area (Å²) in [6, 6.07) is 7.48. The molecular formula is C13H19NO3. The van der Waals surface area contributed by atoms with Crippen LogP contribution < -0.4 is 5.32 Å². The molecule has 0 heterocycles. The van der Waals surface area contributed by atoms with Gasteiger partial charge in [0, 0.05) is 6.54 Å². The Bertz CT molecular complexity index is 352. The fourth-order valence-electron chi connectivity index (χ4n) is 1.54. The SMILES string of the molecule is CCNCCOCc1ccccc1CC(=O)O. The number of benzene rings is 1. The number of likely N-dealkylation sites (N-methyl/N-ethyl adjacent to an activating group) is 1. The molecule has 0 fully saturated rings. The summed E-state index contributed by atoms with van der Waals surface area (Å²) < 4.78 is 5.49. The van der Waals surface area contributed by atoms with Crippen LogP contribution in [0, 0.1) is 0 Å². The van der Waals surface area contributed by atoms with Gasteiger partial charge in [0.15, 0.2) is 0 Å². The highest BCUT2D eigenvalue weighted by Crippen LogP contribution is 2.10. The van der Waals surface area contributed by atoms with E-state index in [1.54, 1.807) is 0 Å². The number of carboxylic acid groups (broad SMARTS) is 1. The van der Waals surface area contributed by atoms with Gasteiger partial charge in [-0.15, -0.1) is 0 Å². The molecule has 0 amide bonds. The van der Waals surface area contributed by atoms with Crippen molar-refractivity contribution in [2.75, 3.05) is 19.7 Å². The Balaban J connectivity index is 2.43. The minimum Gasteiger partial charge on any atom is -0.481 e. The van der Waals surface area contributed by atoms with Gasteiger partial charge in [0.1, 0.15) is 0 Å². The maximum atomic E-state index is 10.7. The zero-order valence-corrected chi connectivity index (χ0v) is 10.1. The molecule has 0 aliphatic rings. The summed E-state index contributed by atoms with van der Waals surface area (Å²) in [5.74, 6) is -0.815. The van der Waals surface area contributed by atoms with Crippen LogP contribution in [0.25, 0.3) is 0 Å². The van der Waals surface area contributed by atoms with Crippen molar-refractivity contribution in [3.63, 3.8) is 0 Å². The van der Waals surface area contributed by atoms with E-state index in [4.69, 9.17) is 9.84 Å². The number of carboxylic acids is 1. The van der Waals surface area contributed by atoms with Gasteiger partial charge in [0.2, 0.25) is 0 Å². The fraction of sp³-hybridized carbons (Fsp3) is 0.462. The van der Waals surface area contributed by atoms with Crippen LogP contribution in [0.4, 0.5) is 0 Å². The largest absolute Gasteiger partial charge is 0.481 e. The van der Waals surface area contributed by atoms with Crippen LogP contribution in [-0.2, 0) is 22.6 Å². The highest BCUT2D eigenvalue weighted by molar-refractivity contribution is 5.70. The van der Waals surface area contributed by atoms with Gasteiger partial charge in [-0.1, -0.05) is 31.2 Å². The van der Waals surface area contributed by atoms with Gasteiger partial charge >= 0.3 is 5.97 Å². The first-order valence-electron chi connectivity index (χ1n) is 5.81. The second-order valence-corrected chi connectivity index (χ2v) is 3.75. The van der Waals surface area contributed by atoms with Gasteiger partial charge in [-0.2, -0.15) is 0 Å². The van der Waals surface area contributed by atoms with Crippen LogP contribution in [0.5, 0.6) is 0 Å². The lowest BCUT2D eigenvalue weighted by molar-refractivity contribution is -0.136. The van der Waals surface area contributed by atoms with Crippen molar-refractivity contribution >= 4 is 5.97 Å². The minimum absolute atomic E-state index is 0.0484. The summed E-state index contributed by atoms with van der Waals surface area (Å²) in [6.07, 6.45) is 0.0484. The van der Waals surface area contributed by atoms with E-state index in [2.05, 4.69) is 5.32 Å². The molecule has 94 valence electrons. The predicted molar refractivity (Wildman–Crippen MR) is 66.0 cm³/mol. The van der Waals surface area contributed by atoms with Crippen molar-refractivity contribution in [3.05, 3.63) is 35.4 Å². The van der Waals surface area contributed by atoms with E-state index >= 15 is 0 Å². The first-order chi connectivity index (χ1) is 8.24. The quantitative estimate of drug-likeness (QED) is 0.672. The average molecular weight is 237 g/mol. The average Bonchev–Trinajstić information content (AvgIpc) is 2.30. The Morgan fingerprint density at radius 3 is 2.71 bits per heavy atom. The van der Waals surface area contributed by atoms with E-state index in [-0.39, 0.29) is 6.42 Å². The van der Waals surface area contributed by atoms with Gasteiger partial charge in [-0.25, -0.2) is 0 Å². The molecule has 0 saturated carbocycles. The third-order valence-electron chi connectivity index (χ3n) is 2.39. The van der Waals surface area contributed by atoms with Gasteiger partial charge in [0.25, 0.3) is 0 Å². The van der Waals surface area contributed by atoms with Crippen LogP contribution in [0.1, 0.15) is 18.1 Å². The van der Waals surface area contributed by atoms with Crippen molar-refractivity contribution in [2.45, 2.75) is 20.0 Å². The zero-order valence-electron chi connectivity index (χ0n) is 10.1. The third-order valence-corrected chi connectivity index (χ3v) is 2.39. The van der Waals surface area contributed by atoms with Crippen molar-refractivity contribution in [1.82, 2.24) is 5.32 Å². The molecule has 1 aromatic carbocycles. The summed E-state index contributed by atoms with van der Waals surface area (Å²) >= 11 is 0. The molecule has 0 unspecified atom stereocenters. The number of ether oxygens (including phenoxy) is 1. The second kappa shape index (κ2) is 7.81. The normalized spacial score (nSPS) is 10.4. The molecule has 0 radical (unpaired) electrons. The molecule has 4 nitrogen and oxygen atoms in total. The molecular weight excluding hydrogens is 218 g/mol. The number of hydrogen-bond donors (Lipinski definition) is 2. The highest BCUT2D eigenvalue weighted by Gasteiger charge is 2.05. The van der Waals surface area contributed by atoms with Crippen LogP contribution in [0.2, 0.25) is 0 Å². The topological polar surface area (TPSA) is 58.6 Å². The standard InChI is InChI=1S/C13H19NO3/c1-2-14-7-8-17-10-12-6-4-3-5-11(12)9-13(15)16/h3-6,14H,2,7-10H2,1H3,(H,15,16). The molecule has 0 aliphatic heterocycles. The number of aliphatic carboxylic acids is 1. The molecule has 0 saturated heterocycles. The minimum atomic E-state index is -0.815. The lowest BCUT2D eigenvalue weighted by atomic mass is 10.1. The lowest BCUT2D eigenvalue weighted by Gasteiger charge is -2.08. The maximum absolute atomic E-state index is 10.7. The molecule has 0 atom stereocenters. The van der Waals surface area contributed by atoms with Crippen LogP contribution in [-0.4, -0.2) is 30.8 Å². The molecule has 0 aliphatic carbocycles. The van der Waals surface area contributed by atoms with Crippen molar-refractivity contribution in [2.24, 2.45) is 0 Å². The first kappa shape index (κ1) is 13.7. The Labute approximate surface area is 102 Å². The van der Waals surface area contributed by atoms with Crippen LogP contribution in [0.15, 0.2) is 24.3 Å².